The SMILES string of the molecule is CCn1ncc(Cn2cc(NC(=O)c3cn(C)nc3C(=O)O)cn2)c1C. The molecule has 0 aromatic carbocycles. The van der Waals surface area contributed by atoms with Gasteiger partial charge in [-0.25, -0.2) is 4.79 Å². The first-order chi connectivity index (χ1) is 12.4. The van der Waals surface area contributed by atoms with Crippen molar-refractivity contribution in [1.29, 1.82) is 0 Å². The molecule has 0 unspecified atom stereocenters. The molecule has 10 nitrogen and oxygen atoms in total. The number of carboxylic acid groups (broad SMARTS) is 1. The number of hydrogen-bond donors (Lipinski definition) is 2. The van der Waals surface area contributed by atoms with Crippen molar-refractivity contribution in [3.05, 3.63) is 47.3 Å². The predicted octanol–water partition coefficient (Wildman–Crippen LogP) is 1.14. The van der Waals surface area contributed by atoms with E-state index in [9.17, 15) is 9.59 Å². The van der Waals surface area contributed by atoms with Crippen molar-refractivity contribution in [2.45, 2.75) is 26.9 Å². The molecule has 0 saturated carbocycles. The summed E-state index contributed by atoms with van der Waals surface area (Å²) in [5.41, 5.74) is 2.27. The summed E-state index contributed by atoms with van der Waals surface area (Å²) in [6.07, 6.45) is 6.35. The Balaban J connectivity index is 1.73. The van der Waals surface area contributed by atoms with E-state index in [2.05, 4.69) is 20.6 Å². The van der Waals surface area contributed by atoms with Gasteiger partial charge < -0.3 is 10.4 Å². The summed E-state index contributed by atoms with van der Waals surface area (Å²) in [5, 5.41) is 24.1. The van der Waals surface area contributed by atoms with Crippen LogP contribution in [0.5, 0.6) is 0 Å². The lowest BCUT2D eigenvalue weighted by molar-refractivity contribution is 0.0685. The van der Waals surface area contributed by atoms with E-state index >= 15 is 0 Å². The second-order valence-electron chi connectivity index (χ2n) is 5.82. The fourth-order valence-electron chi connectivity index (χ4n) is 2.66. The number of anilines is 1. The van der Waals surface area contributed by atoms with Crippen LogP contribution in [0.4, 0.5) is 5.69 Å². The maximum atomic E-state index is 12.3. The molecule has 10 heteroatoms. The highest BCUT2D eigenvalue weighted by Crippen LogP contribution is 2.14. The number of carboxylic acids is 1. The molecule has 1 amide bonds. The number of aromatic nitrogens is 6. The summed E-state index contributed by atoms with van der Waals surface area (Å²) in [6, 6.07) is 0. The van der Waals surface area contributed by atoms with Crippen molar-refractivity contribution < 1.29 is 14.7 Å². The van der Waals surface area contributed by atoms with Gasteiger partial charge in [-0.05, 0) is 13.8 Å². The van der Waals surface area contributed by atoms with Gasteiger partial charge in [0, 0.05) is 37.2 Å². The van der Waals surface area contributed by atoms with Gasteiger partial charge in [-0.3, -0.25) is 18.8 Å². The fraction of sp³-hybridized carbons (Fsp3) is 0.312. The minimum Gasteiger partial charge on any atom is -0.476 e. The average Bonchev–Trinajstić information content (AvgIpc) is 3.28. The standard InChI is InChI=1S/C16H19N7O3/c1-4-23-10(2)11(5-18-23)7-22-8-12(6-17-22)19-15(24)13-9-21(3)20-14(13)16(25)26/h5-6,8-9H,4,7H2,1-3H3,(H,19,24)(H,25,26). The Bertz CT molecular complexity index is 967. The second kappa shape index (κ2) is 6.82. The Morgan fingerprint density at radius 2 is 2.00 bits per heavy atom. The third-order valence-electron chi connectivity index (χ3n) is 4.00. The predicted molar refractivity (Wildman–Crippen MR) is 92.1 cm³/mol. The van der Waals surface area contributed by atoms with Gasteiger partial charge in [0.05, 0.1) is 30.2 Å². The van der Waals surface area contributed by atoms with Gasteiger partial charge in [-0.1, -0.05) is 0 Å². The number of amides is 1. The minimum absolute atomic E-state index is 0.00665. The Morgan fingerprint density at radius 1 is 1.23 bits per heavy atom. The zero-order valence-corrected chi connectivity index (χ0v) is 14.7. The van der Waals surface area contributed by atoms with E-state index in [0.29, 0.717) is 12.2 Å². The van der Waals surface area contributed by atoms with E-state index < -0.39 is 11.9 Å². The van der Waals surface area contributed by atoms with Crippen molar-refractivity contribution in [3.8, 4) is 0 Å². The van der Waals surface area contributed by atoms with E-state index in [1.165, 1.54) is 17.1 Å². The maximum absolute atomic E-state index is 12.3. The number of nitrogens with one attached hydrogen (secondary N) is 1. The molecule has 2 N–H and O–H groups in total. The molecule has 136 valence electrons. The van der Waals surface area contributed by atoms with Crippen molar-refractivity contribution >= 4 is 17.6 Å². The Kier molecular flexibility index (Phi) is 4.57. The molecule has 0 bridgehead atoms. The first-order valence-electron chi connectivity index (χ1n) is 8.01. The Labute approximate surface area is 149 Å². The molecule has 0 fully saturated rings. The van der Waals surface area contributed by atoms with E-state index in [0.717, 1.165) is 17.8 Å². The number of aromatic carboxylic acids is 1. The zero-order chi connectivity index (χ0) is 18.8. The van der Waals surface area contributed by atoms with Gasteiger partial charge in [0.15, 0.2) is 5.69 Å². The molecule has 0 aliphatic carbocycles. The van der Waals surface area contributed by atoms with Crippen molar-refractivity contribution in [2.75, 3.05) is 5.32 Å². The zero-order valence-electron chi connectivity index (χ0n) is 14.7. The molecule has 0 spiro atoms. The number of carbonyl (C=O) groups excluding carboxylic acids is 1. The lowest BCUT2D eigenvalue weighted by atomic mass is 10.2. The van der Waals surface area contributed by atoms with Crippen molar-refractivity contribution in [1.82, 2.24) is 29.3 Å². The number of carbonyl (C=O) groups is 2. The lowest BCUT2D eigenvalue weighted by Gasteiger charge is -2.03. The van der Waals surface area contributed by atoms with Crippen LogP contribution in [0.15, 0.2) is 24.8 Å². The molecular weight excluding hydrogens is 338 g/mol. The van der Waals surface area contributed by atoms with Crippen LogP contribution in [0.2, 0.25) is 0 Å². The molecule has 3 aromatic rings. The van der Waals surface area contributed by atoms with Gasteiger partial charge in [0.1, 0.15) is 0 Å². The van der Waals surface area contributed by atoms with Crippen LogP contribution in [0.3, 0.4) is 0 Å². The molecule has 0 aliphatic heterocycles. The highest BCUT2D eigenvalue weighted by Gasteiger charge is 2.21. The number of rotatable bonds is 6. The normalized spacial score (nSPS) is 10.9. The summed E-state index contributed by atoms with van der Waals surface area (Å²) in [4.78, 5) is 23.5. The topological polar surface area (TPSA) is 120 Å². The maximum Gasteiger partial charge on any atom is 0.357 e. The van der Waals surface area contributed by atoms with E-state index in [1.807, 2.05) is 18.5 Å². The largest absolute Gasteiger partial charge is 0.476 e. The smallest absolute Gasteiger partial charge is 0.357 e. The lowest BCUT2D eigenvalue weighted by Crippen LogP contribution is -2.15. The van der Waals surface area contributed by atoms with Gasteiger partial charge in [-0.2, -0.15) is 15.3 Å². The number of hydrogen-bond acceptors (Lipinski definition) is 5. The first-order valence-corrected chi connectivity index (χ1v) is 8.01. The van der Waals surface area contributed by atoms with E-state index in [1.54, 1.807) is 24.1 Å². The highest BCUT2D eigenvalue weighted by atomic mass is 16.4. The number of nitrogens with zero attached hydrogens (tertiary/aromatic N) is 6. The van der Waals surface area contributed by atoms with E-state index in [4.69, 9.17) is 5.11 Å². The second-order valence-corrected chi connectivity index (χ2v) is 5.82. The average molecular weight is 357 g/mol. The molecule has 0 atom stereocenters. The monoisotopic (exact) mass is 357 g/mol. The summed E-state index contributed by atoms with van der Waals surface area (Å²) < 4.78 is 4.87. The van der Waals surface area contributed by atoms with Crippen LogP contribution in [0, 0.1) is 6.92 Å². The van der Waals surface area contributed by atoms with Crippen LogP contribution in [0.1, 0.15) is 39.0 Å². The third kappa shape index (κ3) is 3.34. The molecule has 3 aromatic heterocycles. The molecule has 3 heterocycles. The summed E-state index contributed by atoms with van der Waals surface area (Å²) in [6.45, 7) is 5.33. The fourth-order valence-corrected chi connectivity index (χ4v) is 2.66. The van der Waals surface area contributed by atoms with Crippen LogP contribution < -0.4 is 5.32 Å². The summed E-state index contributed by atoms with van der Waals surface area (Å²) in [5.74, 6) is -1.81. The molecule has 0 aliphatic rings. The van der Waals surface area contributed by atoms with Crippen LogP contribution in [-0.4, -0.2) is 46.3 Å². The highest BCUT2D eigenvalue weighted by molar-refractivity contribution is 6.09. The quantitative estimate of drug-likeness (QED) is 0.683. The van der Waals surface area contributed by atoms with Crippen LogP contribution in [-0.2, 0) is 20.1 Å². The van der Waals surface area contributed by atoms with Crippen molar-refractivity contribution in [3.63, 3.8) is 0 Å². The van der Waals surface area contributed by atoms with Crippen LogP contribution >= 0.6 is 0 Å². The van der Waals surface area contributed by atoms with Gasteiger partial charge in [0.2, 0.25) is 0 Å². The van der Waals surface area contributed by atoms with Crippen molar-refractivity contribution in [2.24, 2.45) is 7.05 Å². The molecule has 0 saturated heterocycles. The first kappa shape index (κ1) is 17.4. The Morgan fingerprint density at radius 3 is 2.65 bits per heavy atom. The van der Waals surface area contributed by atoms with Gasteiger partial charge in [0.25, 0.3) is 5.91 Å². The Hall–Kier alpha value is -3.43. The molecule has 26 heavy (non-hydrogen) atoms. The molecule has 3 rings (SSSR count). The summed E-state index contributed by atoms with van der Waals surface area (Å²) >= 11 is 0. The number of aryl methyl sites for hydroxylation is 2. The molecule has 0 radical (unpaired) electrons. The van der Waals surface area contributed by atoms with E-state index in [-0.39, 0.29) is 11.3 Å². The van der Waals surface area contributed by atoms with Crippen LogP contribution in [0.25, 0.3) is 0 Å². The third-order valence-corrected chi connectivity index (χ3v) is 4.00. The van der Waals surface area contributed by atoms with Gasteiger partial charge in [-0.15, -0.1) is 0 Å². The molecular formula is C16H19N7O3. The minimum atomic E-state index is -1.25. The summed E-state index contributed by atoms with van der Waals surface area (Å²) in [7, 11) is 1.56. The van der Waals surface area contributed by atoms with Gasteiger partial charge >= 0.3 is 5.97 Å².